The van der Waals surface area contributed by atoms with Crippen molar-refractivity contribution < 1.29 is 24.5 Å². The van der Waals surface area contributed by atoms with Gasteiger partial charge in [-0.2, -0.15) is 0 Å². The van der Waals surface area contributed by atoms with Gasteiger partial charge in [-0.3, -0.25) is 9.59 Å². The second-order valence-electron chi connectivity index (χ2n) is 24.6. The molecular weight excluding hydrogens is 959 g/mol. The fourth-order valence-corrected chi connectivity index (χ4v) is 11.3. The van der Waals surface area contributed by atoms with Crippen LogP contribution in [0.2, 0.25) is 0 Å². The Bertz CT molecular complexity index is 1220. The third-order valence-corrected chi connectivity index (χ3v) is 16.7. The van der Waals surface area contributed by atoms with Gasteiger partial charge in [-0.05, 0) is 77.0 Å². The highest BCUT2D eigenvalue weighted by Gasteiger charge is 2.20. The lowest BCUT2D eigenvalue weighted by atomic mass is 10.0. The number of aliphatic hydroxyl groups is 2. The number of esters is 1. The van der Waals surface area contributed by atoms with Crippen molar-refractivity contribution in [3.63, 3.8) is 0 Å². The SMILES string of the molecule is CCCCCCCC/C=C\CCCCCCCCCCCC(=O)OCCCCCCCCCCCCCC/C=C\CCCCCCCCCCCCCCCCCC(=O)NC(CO)C(O)CCCCCCCCCCCCC. The van der Waals surface area contributed by atoms with Crippen LogP contribution < -0.4 is 5.32 Å². The highest BCUT2D eigenvalue weighted by atomic mass is 16.5. The van der Waals surface area contributed by atoms with Crippen molar-refractivity contribution in [3.8, 4) is 0 Å². The zero-order valence-corrected chi connectivity index (χ0v) is 52.9. The number of nitrogens with one attached hydrogen (secondary N) is 1. The Morgan fingerprint density at radius 2 is 0.603 bits per heavy atom. The van der Waals surface area contributed by atoms with Crippen LogP contribution in [0.15, 0.2) is 24.3 Å². The van der Waals surface area contributed by atoms with Crippen LogP contribution >= 0.6 is 0 Å². The van der Waals surface area contributed by atoms with Gasteiger partial charge in [0.2, 0.25) is 5.91 Å². The van der Waals surface area contributed by atoms with Crippen molar-refractivity contribution in [3.05, 3.63) is 24.3 Å². The zero-order chi connectivity index (χ0) is 56.4. The molecule has 6 heteroatoms. The molecule has 0 aliphatic carbocycles. The van der Waals surface area contributed by atoms with Crippen molar-refractivity contribution >= 4 is 11.9 Å². The van der Waals surface area contributed by atoms with Gasteiger partial charge in [0.25, 0.3) is 0 Å². The summed E-state index contributed by atoms with van der Waals surface area (Å²) in [7, 11) is 0. The summed E-state index contributed by atoms with van der Waals surface area (Å²) in [6.45, 7) is 4.97. The number of hydrogen-bond acceptors (Lipinski definition) is 5. The van der Waals surface area contributed by atoms with Crippen LogP contribution in [0.1, 0.15) is 399 Å². The lowest BCUT2D eigenvalue weighted by Gasteiger charge is -2.22. The number of carbonyl (C=O) groups excluding carboxylic acids is 2. The van der Waals surface area contributed by atoms with Crippen LogP contribution in [0, 0.1) is 0 Å². The first-order chi connectivity index (χ1) is 38.5. The van der Waals surface area contributed by atoms with E-state index in [4.69, 9.17) is 4.74 Å². The van der Waals surface area contributed by atoms with E-state index in [1.165, 1.54) is 327 Å². The van der Waals surface area contributed by atoms with Gasteiger partial charge in [-0.15, -0.1) is 0 Å². The minimum atomic E-state index is -0.661. The van der Waals surface area contributed by atoms with Gasteiger partial charge in [0.15, 0.2) is 0 Å². The van der Waals surface area contributed by atoms with Crippen LogP contribution in [0.25, 0.3) is 0 Å². The molecule has 0 fully saturated rings. The molecular formula is C72H139NO5. The van der Waals surface area contributed by atoms with Crippen molar-refractivity contribution in [1.29, 1.82) is 0 Å². The van der Waals surface area contributed by atoms with Gasteiger partial charge >= 0.3 is 5.97 Å². The van der Waals surface area contributed by atoms with Gasteiger partial charge < -0.3 is 20.3 Å². The Morgan fingerprint density at radius 3 is 0.910 bits per heavy atom. The lowest BCUT2D eigenvalue weighted by molar-refractivity contribution is -0.143. The van der Waals surface area contributed by atoms with E-state index in [-0.39, 0.29) is 18.5 Å². The predicted octanol–water partition coefficient (Wildman–Crippen LogP) is 22.9. The average Bonchev–Trinajstić information content (AvgIpc) is 3.44. The summed E-state index contributed by atoms with van der Waals surface area (Å²) < 4.78 is 5.51. The first kappa shape index (κ1) is 76.3. The summed E-state index contributed by atoms with van der Waals surface area (Å²) >= 11 is 0. The normalized spacial score (nSPS) is 12.6. The molecule has 2 unspecified atom stereocenters. The number of unbranched alkanes of at least 4 members (excludes halogenated alkanes) is 52. The number of carbonyl (C=O) groups is 2. The minimum absolute atomic E-state index is 0.0179. The first-order valence-electron chi connectivity index (χ1n) is 35.6. The Balaban J connectivity index is 3.32. The molecule has 0 heterocycles. The van der Waals surface area contributed by atoms with E-state index >= 15 is 0 Å². The van der Waals surface area contributed by atoms with Crippen molar-refractivity contribution in [1.82, 2.24) is 5.32 Å². The molecule has 0 spiro atoms. The topological polar surface area (TPSA) is 95.9 Å². The smallest absolute Gasteiger partial charge is 0.305 e. The Kier molecular flexibility index (Phi) is 66.4. The van der Waals surface area contributed by atoms with Crippen LogP contribution in [0.5, 0.6) is 0 Å². The van der Waals surface area contributed by atoms with E-state index in [2.05, 4.69) is 43.5 Å². The van der Waals surface area contributed by atoms with Crippen LogP contribution in [0.3, 0.4) is 0 Å². The molecule has 0 aliphatic heterocycles. The molecule has 0 aromatic heterocycles. The van der Waals surface area contributed by atoms with E-state index < -0.39 is 12.1 Å². The third-order valence-electron chi connectivity index (χ3n) is 16.7. The summed E-state index contributed by atoms with van der Waals surface area (Å²) in [4.78, 5) is 24.6. The molecule has 6 nitrogen and oxygen atoms in total. The van der Waals surface area contributed by atoms with E-state index in [0.717, 1.165) is 38.5 Å². The van der Waals surface area contributed by atoms with Crippen LogP contribution in [-0.4, -0.2) is 47.4 Å². The number of allylic oxidation sites excluding steroid dienone is 4. The molecule has 0 rings (SSSR count). The van der Waals surface area contributed by atoms with Crippen molar-refractivity contribution in [2.45, 2.75) is 411 Å². The summed E-state index contributed by atoms with van der Waals surface area (Å²) in [6, 6.07) is -0.538. The molecule has 0 saturated carbocycles. The fourth-order valence-electron chi connectivity index (χ4n) is 11.3. The number of aliphatic hydroxyl groups excluding tert-OH is 2. The molecule has 2 atom stereocenters. The molecule has 0 saturated heterocycles. The number of ether oxygens (including phenoxy) is 1. The third kappa shape index (κ3) is 63.5. The minimum Gasteiger partial charge on any atom is -0.466 e. The van der Waals surface area contributed by atoms with Gasteiger partial charge in [-0.25, -0.2) is 0 Å². The molecule has 3 N–H and O–H groups in total. The van der Waals surface area contributed by atoms with E-state index in [0.29, 0.717) is 25.9 Å². The van der Waals surface area contributed by atoms with Gasteiger partial charge in [-0.1, -0.05) is 334 Å². The summed E-state index contributed by atoms with van der Waals surface area (Å²) in [6.07, 6.45) is 85.3. The number of hydrogen-bond donors (Lipinski definition) is 3. The molecule has 0 aromatic carbocycles. The van der Waals surface area contributed by atoms with Gasteiger partial charge in [0, 0.05) is 12.8 Å². The average molecular weight is 1100 g/mol. The van der Waals surface area contributed by atoms with E-state index in [9.17, 15) is 19.8 Å². The summed E-state index contributed by atoms with van der Waals surface area (Å²) in [5.74, 6) is -0.0141. The highest BCUT2D eigenvalue weighted by molar-refractivity contribution is 5.76. The van der Waals surface area contributed by atoms with Crippen molar-refractivity contribution in [2.75, 3.05) is 13.2 Å². The van der Waals surface area contributed by atoms with Gasteiger partial charge in [0.05, 0.1) is 25.4 Å². The maximum absolute atomic E-state index is 12.5. The van der Waals surface area contributed by atoms with Crippen LogP contribution in [-0.2, 0) is 14.3 Å². The largest absolute Gasteiger partial charge is 0.466 e. The Hall–Kier alpha value is -1.66. The summed E-state index contributed by atoms with van der Waals surface area (Å²) in [5.41, 5.74) is 0. The monoisotopic (exact) mass is 1100 g/mol. The van der Waals surface area contributed by atoms with Crippen LogP contribution in [0.4, 0.5) is 0 Å². The predicted molar refractivity (Wildman–Crippen MR) is 343 cm³/mol. The van der Waals surface area contributed by atoms with E-state index in [1.54, 1.807) is 0 Å². The Morgan fingerprint density at radius 1 is 0.346 bits per heavy atom. The maximum atomic E-state index is 12.5. The number of amides is 1. The Labute approximate surface area is 488 Å². The molecule has 1 amide bonds. The summed E-state index contributed by atoms with van der Waals surface area (Å²) in [5, 5.41) is 23.2. The zero-order valence-electron chi connectivity index (χ0n) is 52.9. The van der Waals surface area contributed by atoms with Crippen molar-refractivity contribution in [2.24, 2.45) is 0 Å². The molecule has 0 bridgehead atoms. The highest BCUT2D eigenvalue weighted by Crippen LogP contribution is 2.19. The molecule has 462 valence electrons. The second-order valence-corrected chi connectivity index (χ2v) is 24.6. The number of rotatable bonds is 67. The second kappa shape index (κ2) is 67.8. The lowest BCUT2D eigenvalue weighted by Crippen LogP contribution is -2.45. The maximum Gasteiger partial charge on any atom is 0.305 e. The standard InChI is InChI=1S/C72H139NO5/c1-3-5-7-9-11-13-15-16-17-18-32-36-39-42-46-50-54-58-62-66-72(77)78-67-63-59-55-51-47-43-40-37-34-31-29-27-25-23-21-19-20-22-24-26-28-30-33-35-38-41-45-49-53-57-61-65-71(76)73-69(68-74)70(75)64-60-56-52-48-44-14-12-10-8-6-4-2/h16-17,21,23,69-70,74-75H,3-15,18-20,22,24-68H2,1-2H3,(H,73,76)/b17-16-,23-21-. The molecule has 78 heavy (non-hydrogen) atoms. The quantitative estimate of drug-likeness (QED) is 0.0320. The molecule has 0 radical (unpaired) electrons. The molecule has 0 aliphatic rings. The first-order valence-corrected chi connectivity index (χ1v) is 35.6. The van der Waals surface area contributed by atoms with E-state index in [1.807, 2.05) is 0 Å². The molecule has 0 aromatic rings. The van der Waals surface area contributed by atoms with Gasteiger partial charge in [0.1, 0.15) is 0 Å². The fraction of sp³-hybridized carbons (Fsp3) is 0.917.